The molecule has 1 unspecified atom stereocenters. The number of hydrogen-bond acceptors (Lipinski definition) is 3. The van der Waals surface area contributed by atoms with Crippen molar-refractivity contribution in [3.05, 3.63) is 59.7 Å². The maximum atomic E-state index is 13.4. The summed E-state index contributed by atoms with van der Waals surface area (Å²) in [5, 5.41) is 10.2. The quantitative estimate of drug-likeness (QED) is 0.717. The predicted molar refractivity (Wildman–Crippen MR) is 97.9 cm³/mol. The van der Waals surface area contributed by atoms with Gasteiger partial charge in [0.05, 0.1) is 12.7 Å². The topological polar surface area (TPSA) is 37.6 Å². The Morgan fingerprint density at radius 1 is 1.24 bits per heavy atom. The second kappa shape index (κ2) is 9.70. The van der Waals surface area contributed by atoms with Gasteiger partial charge in [0, 0.05) is 45.2 Å². The number of hydrogen-bond donors (Lipinski definition) is 1. The average Bonchev–Trinajstić information content (AvgIpc) is 2.99. The molecule has 0 aliphatic rings. The third-order valence-electron chi connectivity index (χ3n) is 4.38. The fourth-order valence-electron chi connectivity index (χ4n) is 2.74. The van der Waals surface area contributed by atoms with Crippen LogP contribution in [0.5, 0.6) is 0 Å². The summed E-state index contributed by atoms with van der Waals surface area (Å²) in [5.41, 5.74) is 2.07. The van der Waals surface area contributed by atoms with Gasteiger partial charge in [0.2, 0.25) is 0 Å². The van der Waals surface area contributed by atoms with Gasteiger partial charge in [0.1, 0.15) is 5.82 Å². The number of aliphatic hydroxyl groups is 1. The molecule has 2 aromatic rings. The molecule has 138 valence electrons. The van der Waals surface area contributed by atoms with Crippen molar-refractivity contribution in [1.29, 1.82) is 0 Å². The number of halogens is 1. The zero-order valence-corrected chi connectivity index (χ0v) is 15.4. The Bertz CT molecular complexity index is 642. The van der Waals surface area contributed by atoms with Crippen molar-refractivity contribution in [2.75, 3.05) is 26.8 Å². The molecule has 0 aliphatic carbocycles. The zero-order chi connectivity index (χ0) is 18.2. The molecule has 0 radical (unpaired) electrons. The minimum Gasteiger partial charge on any atom is -0.392 e. The Hall–Kier alpha value is -1.69. The molecule has 1 heterocycles. The maximum absolute atomic E-state index is 13.4. The minimum absolute atomic E-state index is 0.212. The molecule has 0 saturated carbocycles. The van der Waals surface area contributed by atoms with E-state index in [9.17, 15) is 9.50 Å². The first kappa shape index (κ1) is 19.6. The van der Waals surface area contributed by atoms with Gasteiger partial charge in [0.15, 0.2) is 0 Å². The lowest BCUT2D eigenvalue weighted by atomic mass is 10.1. The SMILES string of the molecule is COCCN(Cc1cccn1Cc1cccc(F)c1)CC(O)C(C)C. The Morgan fingerprint density at radius 3 is 2.72 bits per heavy atom. The summed E-state index contributed by atoms with van der Waals surface area (Å²) >= 11 is 0. The molecule has 25 heavy (non-hydrogen) atoms. The van der Waals surface area contributed by atoms with E-state index >= 15 is 0 Å². The van der Waals surface area contributed by atoms with Crippen LogP contribution >= 0.6 is 0 Å². The van der Waals surface area contributed by atoms with Gasteiger partial charge in [-0.25, -0.2) is 4.39 Å². The number of aliphatic hydroxyl groups excluding tert-OH is 1. The van der Waals surface area contributed by atoms with Gasteiger partial charge in [0.25, 0.3) is 0 Å². The molecule has 0 amide bonds. The highest BCUT2D eigenvalue weighted by molar-refractivity contribution is 5.18. The standard InChI is InChI=1S/C20H29FN2O2/c1-16(2)20(24)15-22(10-11-25-3)14-19-8-5-9-23(19)13-17-6-4-7-18(21)12-17/h4-9,12,16,20,24H,10-11,13-15H2,1-3H3. The Balaban J connectivity index is 2.07. The van der Waals surface area contributed by atoms with Crippen molar-refractivity contribution < 1.29 is 14.2 Å². The van der Waals surface area contributed by atoms with Crippen LogP contribution in [0.4, 0.5) is 4.39 Å². The third kappa shape index (κ3) is 6.27. The van der Waals surface area contributed by atoms with Crippen LogP contribution in [0.15, 0.2) is 42.6 Å². The number of methoxy groups -OCH3 is 1. The van der Waals surface area contributed by atoms with Gasteiger partial charge >= 0.3 is 0 Å². The van der Waals surface area contributed by atoms with E-state index in [1.165, 1.54) is 6.07 Å². The average molecular weight is 348 g/mol. The number of nitrogens with zero attached hydrogens (tertiary/aromatic N) is 2. The van der Waals surface area contributed by atoms with Crippen LogP contribution in [-0.4, -0.2) is 47.5 Å². The second-order valence-electron chi connectivity index (χ2n) is 6.80. The molecule has 0 fully saturated rings. The lowest BCUT2D eigenvalue weighted by molar-refractivity contribution is 0.0582. The van der Waals surface area contributed by atoms with Crippen molar-refractivity contribution in [2.24, 2.45) is 5.92 Å². The van der Waals surface area contributed by atoms with E-state index in [-0.39, 0.29) is 17.8 Å². The highest BCUT2D eigenvalue weighted by atomic mass is 19.1. The van der Waals surface area contributed by atoms with E-state index in [0.29, 0.717) is 19.7 Å². The number of benzene rings is 1. The molecule has 0 bridgehead atoms. The molecule has 0 aliphatic heterocycles. The van der Waals surface area contributed by atoms with Crippen LogP contribution < -0.4 is 0 Å². The van der Waals surface area contributed by atoms with Crippen molar-refractivity contribution in [1.82, 2.24) is 9.47 Å². The van der Waals surface area contributed by atoms with Gasteiger partial charge < -0.3 is 14.4 Å². The van der Waals surface area contributed by atoms with Gasteiger partial charge in [-0.05, 0) is 35.7 Å². The summed E-state index contributed by atoms with van der Waals surface area (Å²) < 4.78 is 20.7. The number of aromatic nitrogens is 1. The lowest BCUT2D eigenvalue weighted by Gasteiger charge is -2.27. The van der Waals surface area contributed by atoms with Gasteiger partial charge in [-0.3, -0.25) is 4.90 Å². The summed E-state index contributed by atoms with van der Waals surface area (Å²) in [5.74, 6) is -0.00268. The van der Waals surface area contributed by atoms with Gasteiger partial charge in [-0.15, -0.1) is 0 Å². The first-order valence-corrected chi connectivity index (χ1v) is 8.77. The molecule has 1 aromatic heterocycles. The summed E-state index contributed by atoms with van der Waals surface area (Å²) in [7, 11) is 1.68. The molecule has 0 saturated heterocycles. The molecule has 1 N–H and O–H groups in total. The molecule has 5 heteroatoms. The van der Waals surface area contributed by atoms with E-state index in [4.69, 9.17) is 4.74 Å². The van der Waals surface area contributed by atoms with Crippen LogP contribution in [0.3, 0.4) is 0 Å². The number of ether oxygens (including phenoxy) is 1. The highest BCUT2D eigenvalue weighted by Gasteiger charge is 2.16. The Morgan fingerprint density at radius 2 is 2.04 bits per heavy atom. The normalized spacial score (nSPS) is 12.9. The van der Waals surface area contributed by atoms with Crippen molar-refractivity contribution in [2.45, 2.75) is 33.0 Å². The van der Waals surface area contributed by atoms with Crippen LogP contribution in [0.25, 0.3) is 0 Å². The number of rotatable bonds is 10. The van der Waals surface area contributed by atoms with Gasteiger partial charge in [-0.2, -0.15) is 0 Å². The van der Waals surface area contributed by atoms with E-state index in [1.807, 2.05) is 32.2 Å². The van der Waals surface area contributed by atoms with Crippen LogP contribution in [0.1, 0.15) is 25.1 Å². The highest BCUT2D eigenvalue weighted by Crippen LogP contribution is 2.13. The van der Waals surface area contributed by atoms with E-state index in [2.05, 4.69) is 15.5 Å². The molecule has 0 spiro atoms. The molecule has 4 nitrogen and oxygen atoms in total. The minimum atomic E-state index is -0.372. The first-order valence-electron chi connectivity index (χ1n) is 8.77. The fraction of sp³-hybridized carbons (Fsp3) is 0.500. The first-order chi connectivity index (χ1) is 12.0. The fourth-order valence-corrected chi connectivity index (χ4v) is 2.74. The van der Waals surface area contributed by atoms with Crippen LogP contribution in [0.2, 0.25) is 0 Å². The largest absolute Gasteiger partial charge is 0.392 e. The smallest absolute Gasteiger partial charge is 0.123 e. The van der Waals surface area contributed by atoms with Crippen LogP contribution in [-0.2, 0) is 17.8 Å². The molecule has 1 aromatic carbocycles. The summed E-state index contributed by atoms with van der Waals surface area (Å²) in [6.07, 6.45) is 1.64. The molecule has 2 rings (SSSR count). The molecular formula is C20H29FN2O2. The third-order valence-corrected chi connectivity index (χ3v) is 4.38. The summed E-state index contributed by atoms with van der Waals surface area (Å²) in [6, 6.07) is 10.8. The predicted octanol–water partition coefficient (Wildman–Crippen LogP) is 3.14. The monoisotopic (exact) mass is 348 g/mol. The van der Waals surface area contributed by atoms with Crippen molar-refractivity contribution in [3.8, 4) is 0 Å². The summed E-state index contributed by atoms with van der Waals surface area (Å²) in [6.45, 7) is 7.37. The van der Waals surface area contributed by atoms with Gasteiger partial charge in [-0.1, -0.05) is 26.0 Å². The molecular weight excluding hydrogens is 319 g/mol. The summed E-state index contributed by atoms with van der Waals surface area (Å²) in [4.78, 5) is 2.20. The van der Waals surface area contributed by atoms with Crippen molar-refractivity contribution in [3.63, 3.8) is 0 Å². The van der Waals surface area contributed by atoms with E-state index < -0.39 is 0 Å². The Labute approximate surface area is 149 Å². The van der Waals surface area contributed by atoms with E-state index in [1.54, 1.807) is 19.2 Å². The maximum Gasteiger partial charge on any atom is 0.123 e. The second-order valence-corrected chi connectivity index (χ2v) is 6.80. The Kier molecular flexibility index (Phi) is 7.62. The van der Waals surface area contributed by atoms with E-state index in [0.717, 1.165) is 24.3 Å². The lowest BCUT2D eigenvalue weighted by Crippen LogP contribution is -2.37. The molecule has 1 atom stereocenters. The zero-order valence-electron chi connectivity index (χ0n) is 15.4. The van der Waals surface area contributed by atoms with Crippen molar-refractivity contribution >= 4 is 0 Å². The van der Waals surface area contributed by atoms with Crippen LogP contribution in [0, 0.1) is 11.7 Å².